The van der Waals surface area contributed by atoms with E-state index in [1.54, 1.807) is 5.51 Å². The lowest BCUT2D eigenvalue weighted by molar-refractivity contribution is 0.0691. The average Bonchev–Trinajstić information content (AvgIpc) is 3.07. The van der Waals surface area contributed by atoms with E-state index < -0.39 is 5.97 Å². The Labute approximate surface area is 116 Å². The van der Waals surface area contributed by atoms with E-state index in [0.717, 1.165) is 10.6 Å². The van der Waals surface area contributed by atoms with Gasteiger partial charge in [0.05, 0.1) is 21.0 Å². The summed E-state index contributed by atoms with van der Waals surface area (Å²) in [6.45, 7) is 1.81. The molecule has 0 fully saturated rings. The number of hydrogen-bond acceptors (Lipinski definition) is 6. The Bertz CT molecular complexity index is 728. The van der Waals surface area contributed by atoms with Gasteiger partial charge in [-0.05, 0) is 18.4 Å². The second kappa shape index (κ2) is 4.60. The van der Waals surface area contributed by atoms with Gasteiger partial charge in [-0.25, -0.2) is 14.8 Å². The van der Waals surface area contributed by atoms with Crippen LogP contribution in [0, 0.1) is 6.92 Å². The van der Waals surface area contributed by atoms with Crippen LogP contribution in [0.5, 0.6) is 0 Å². The highest BCUT2D eigenvalue weighted by Crippen LogP contribution is 2.35. The summed E-state index contributed by atoms with van der Waals surface area (Å²) in [4.78, 5) is 21.0. The summed E-state index contributed by atoms with van der Waals surface area (Å²) >= 11 is 2.79. The molecule has 0 aliphatic heterocycles. The van der Waals surface area contributed by atoms with Gasteiger partial charge in [0.2, 0.25) is 5.89 Å². The summed E-state index contributed by atoms with van der Waals surface area (Å²) in [5, 5.41) is 11.1. The molecule has 3 aromatic heterocycles. The minimum absolute atomic E-state index is 0.0734. The van der Waals surface area contributed by atoms with Crippen LogP contribution in [0.15, 0.2) is 27.4 Å². The predicted octanol–water partition coefficient (Wildman–Crippen LogP) is 3.53. The lowest BCUT2D eigenvalue weighted by Crippen LogP contribution is -1.98. The number of carboxylic acid groups (broad SMARTS) is 1. The van der Waals surface area contributed by atoms with Crippen LogP contribution < -0.4 is 0 Å². The maximum atomic E-state index is 11.3. The summed E-state index contributed by atoms with van der Waals surface area (Å²) < 4.78 is 5.63. The molecule has 0 aliphatic rings. The fourth-order valence-corrected chi connectivity index (χ4v) is 3.08. The van der Waals surface area contributed by atoms with Crippen LogP contribution in [0.3, 0.4) is 0 Å². The van der Waals surface area contributed by atoms with E-state index in [1.807, 2.05) is 24.4 Å². The molecule has 0 unspecified atom stereocenters. The van der Waals surface area contributed by atoms with Crippen LogP contribution in [-0.4, -0.2) is 21.0 Å². The molecular formula is C12H8N2O3S2. The van der Waals surface area contributed by atoms with Gasteiger partial charge in [-0.2, -0.15) is 0 Å². The fourth-order valence-electron chi connectivity index (χ4n) is 1.64. The number of carboxylic acids is 1. The lowest BCUT2D eigenvalue weighted by Gasteiger charge is -1.94. The van der Waals surface area contributed by atoms with Crippen molar-refractivity contribution in [1.82, 2.24) is 9.97 Å². The van der Waals surface area contributed by atoms with E-state index in [0.29, 0.717) is 10.8 Å². The molecule has 0 amide bonds. The molecule has 3 heterocycles. The Balaban J connectivity index is 2.19. The van der Waals surface area contributed by atoms with Crippen LogP contribution in [0.4, 0.5) is 0 Å². The first-order chi connectivity index (χ1) is 9.16. The topological polar surface area (TPSA) is 76.2 Å². The Morgan fingerprint density at radius 2 is 2.26 bits per heavy atom. The largest absolute Gasteiger partial charge is 0.476 e. The molecule has 0 aromatic carbocycles. The summed E-state index contributed by atoms with van der Waals surface area (Å²) in [6, 6.07) is 3.70. The second-order valence-corrected chi connectivity index (χ2v) is 5.55. The molecular weight excluding hydrogens is 284 g/mol. The van der Waals surface area contributed by atoms with Gasteiger partial charge in [0.1, 0.15) is 0 Å². The van der Waals surface area contributed by atoms with Crippen molar-refractivity contribution in [3.63, 3.8) is 0 Å². The summed E-state index contributed by atoms with van der Waals surface area (Å²) in [5.74, 6) is -0.500. The maximum absolute atomic E-state index is 11.3. The van der Waals surface area contributed by atoms with Gasteiger partial charge >= 0.3 is 5.97 Å². The molecule has 19 heavy (non-hydrogen) atoms. The zero-order chi connectivity index (χ0) is 13.4. The molecule has 0 bridgehead atoms. The molecule has 96 valence electrons. The molecule has 0 saturated heterocycles. The number of nitrogens with zero attached hydrogens (tertiary/aromatic N) is 2. The molecule has 0 spiro atoms. The van der Waals surface area contributed by atoms with E-state index in [-0.39, 0.29) is 11.5 Å². The monoisotopic (exact) mass is 292 g/mol. The molecule has 5 nitrogen and oxygen atoms in total. The molecule has 1 N–H and O–H groups in total. The fraction of sp³-hybridized carbons (Fsp3) is 0.0833. The zero-order valence-corrected chi connectivity index (χ0v) is 11.4. The number of thiazole rings is 1. The first kappa shape index (κ1) is 12.1. The number of thiophene rings is 1. The third-order valence-electron chi connectivity index (χ3n) is 2.51. The van der Waals surface area contributed by atoms with Gasteiger partial charge in [-0.15, -0.1) is 22.7 Å². The highest BCUT2D eigenvalue weighted by molar-refractivity contribution is 7.13. The van der Waals surface area contributed by atoms with Crippen molar-refractivity contribution in [2.24, 2.45) is 0 Å². The van der Waals surface area contributed by atoms with Crippen molar-refractivity contribution < 1.29 is 14.3 Å². The van der Waals surface area contributed by atoms with Gasteiger partial charge in [0, 0.05) is 0 Å². The SMILES string of the molecule is Cc1ncsc1-c1oc(-c2cccs2)nc1C(=O)O. The highest BCUT2D eigenvalue weighted by atomic mass is 32.1. The number of aromatic carboxylic acids is 1. The quantitative estimate of drug-likeness (QED) is 0.799. The maximum Gasteiger partial charge on any atom is 0.358 e. The Morgan fingerprint density at radius 3 is 2.84 bits per heavy atom. The van der Waals surface area contributed by atoms with Crippen LogP contribution in [0.2, 0.25) is 0 Å². The van der Waals surface area contributed by atoms with Gasteiger partial charge in [-0.1, -0.05) is 6.07 Å². The first-order valence-electron chi connectivity index (χ1n) is 5.35. The van der Waals surface area contributed by atoms with E-state index >= 15 is 0 Å². The third-order valence-corrected chi connectivity index (χ3v) is 4.30. The lowest BCUT2D eigenvalue weighted by atomic mass is 10.2. The van der Waals surface area contributed by atoms with Gasteiger partial charge < -0.3 is 9.52 Å². The summed E-state index contributed by atoms with van der Waals surface area (Å²) in [5.41, 5.74) is 2.32. The zero-order valence-electron chi connectivity index (χ0n) is 9.78. The van der Waals surface area contributed by atoms with E-state index in [1.165, 1.54) is 22.7 Å². The number of carbonyl (C=O) groups is 1. The summed E-state index contributed by atoms with van der Waals surface area (Å²) in [6.07, 6.45) is 0. The Kier molecular flexibility index (Phi) is 2.92. The van der Waals surface area contributed by atoms with Crippen LogP contribution in [0.25, 0.3) is 21.4 Å². The van der Waals surface area contributed by atoms with Crippen molar-refractivity contribution in [3.05, 3.63) is 34.4 Å². The van der Waals surface area contributed by atoms with E-state index in [9.17, 15) is 9.90 Å². The number of hydrogen-bond donors (Lipinski definition) is 1. The van der Waals surface area contributed by atoms with Crippen LogP contribution in [-0.2, 0) is 0 Å². The van der Waals surface area contributed by atoms with E-state index in [2.05, 4.69) is 9.97 Å². The van der Waals surface area contributed by atoms with Gasteiger partial charge in [0.15, 0.2) is 11.5 Å². The number of aryl methyl sites for hydroxylation is 1. The minimum Gasteiger partial charge on any atom is -0.476 e. The molecule has 0 aliphatic carbocycles. The van der Waals surface area contributed by atoms with Crippen LogP contribution in [0.1, 0.15) is 16.2 Å². The van der Waals surface area contributed by atoms with Crippen molar-refractivity contribution >= 4 is 28.6 Å². The van der Waals surface area contributed by atoms with Crippen molar-refractivity contribution in [2.75, 3.05) is 0 Å². The number of rotatable bonds is 3. The minimum atomic E-state index is -1.10. The average molecular weight is 292 g/mol. The molecule has 0 saturated carbocycles. The Hall–Kier alpha value is -1.99. The molecule has 3 aromatic rings. The number of oxazole rings is 1. The van der Waals surface area contributed by atoms with Crippen molar-refractivity contribution in [2.45, 2.75) is 6.92 Å². The van der Waals surface area contributed by atoms with Gasteiger partial charge in [0.25, 0.3) is 0 Å². The second-order valence-electron chi connectivity index (χ2n) is 3.75. The standard InChI is InChI=1S/C12H8N2O3S2/c1-6-10(19-5-13-6)9-8(12(15)16)14-11(17-9)7-3-2-4-18-7/h2-5H,1H3,(H,15,16). The van der Waals surface area contributed by atoms with Crippen molar-refractivity contribution in [1.29, 1.82) is 0 Å². The van der Waals surface area contributed by atoms with E-state index in [4.69, 9.17) is 4.42 Å². The number of aromatic nitrogens is 2. The molecule has 0 atom stereocenters. The van der Waals surface area contributed by atoms with Crippen LogP contribution >= 0.6 is 22.7 Å². The highest BCUT2D eigenvalue weighted by Gasteiger charge is 2.24. The first-order valence-corrected chi connectivity index (χ1v) is 7.11. The molecule has 0 radical (unpaired) electrons. The summed E-state index contributed by atoms with van der Waals surface area (Å²) in [7, 11) is 0. The molecule has 7 heteroatoms. The Morgan fingerprint density at radius 1 is 1.42 bits per heavy atom. The van der Waals surface area contributed by atoms with Crippen molar-refractivity contribution in [3.8, 4) is 21.4 Å². The molecule has 3 rings (SSSR count). The van der Waals surface area contributed by atoms with Gasteiger partial charge in [-0.3, -0.25) is 0 Å². The normalized spacial score (nSPS) is 10.8. The predicted molar refractivity (Wildman–Crippen MR) is 72.6 cm³/mol. The third kappa shape index (κ3) is 2.06. The smallest absolute Gasteiger partial charge is 0.358 e.